The number of aryl methyl sites for hydroxylation is 1. The van der Waals surface area contributed by atoms with E-state index in [0.717, 1.165) is 17.5 Å². The van der Waals surface area contributed by atoms with Gasteiger partial charge < -0.3 is 5.32 Å². The molecule has 18 heavy (non-hydrogen) atoms. The SMILES string of the molecule is Cc1cnccc1CNc1nc(C(C)(C)C)ns1. The van der Waals surface area contributed by atoms with Gasteiger partial charge in [-0.2, -0.15) is 4.37 Å². The highest BCUT2D eigenvalue weighted by Gasteiger charge is 2.19. The zero-order valence-electron chi connectivity index (χ0n) is 11.2. The Labute approximate surface area is 112 Å². The van der Waals surface area contributed by atoms with Gasteiger partial charge >= 0.3 is 0 Å². The van der Waals surface area contributed by atoms with Crippen LogP contribution in [0.25, 0.3) is 0 Å². The summed E-state index contributed by atoms with van der Waals surface area (Å²) in [6.07, 6.45) is 3.68. The molecule has 0 aliphatic heterocycles. The Morgan fingerprint density at radius 3 is 2.72 bits per heavy atom. The topological polar surface area (TPSA) is 50.7 Å². The van der Waals surface area contributed by atoms with Gasteiger partial charge in [0.25, 0.3) is 0 Å². The van der Waals surface area contributed by atoms with Crippen molar-refractivity contribution in [2.45, 2.75) is 39.7 Å². The zero-order chi connectivity index (χ0) is 13.2. The van der Waals surface area contributed by atoms with Crippen molar-refractivity contribution in [1.29, 1.82) is 0 Å². The highest BCUT2D eigenvalue weighted by atomic mass is 32.1. The van der Waals surface area contributed by atoms with Crippen LogP contribution in [0.15, 0.2) is 18.5 Å². The van der Waals surface area contributed by atoms with Crippen LogP contribution in [-0.4, -0.2) is 14.3 Å². The standard InChI is InChI=1S/C13H18N4S/c1-9-7-14-6-5-10(9)8-15-12-16-11(17-18-12)13(2,3)4/h5-7H,8H2,1-4H3,(H,15,16,17). The summed E-state index contributed by atoms with van der Waals surface area (Å²) in [6, 6.07) is 2.02. The molecular weight excluding hydrogens is 244 g/mol. The van der Waals surface area contributed by atoms with E-state index in [1.54, 1.807) is 0 Å². The van der Waals surface area contributed by atoms with Crippen LogP contribution in [0.3, 0.4) is 0 Å². The molecule has 0 bridgehead atoms. The fourth-order valence-electron chi connectivity index (χ4n) is 1.47. The predicted molar refractivity (Wildman–Crippen MR) is 74.9 cm³/mol. The Bertz CT molecular complexity index is 528. The molecule has 0 fully saturated rings. The van der Waals surface area contributed by atoms with E-state index in [1.807, 2.05) is 18.5 Å². The van der Waals surface area contributed by atoms with Crippen LogP contribution in [0, 0.1) is 6.92 Å². The third kappa shape index (κ3) is 3.04. The average molecular weight is 262 g/mol. The lowest BCUT2D eigenvalue weighted by molar-refractivity contribution is 0.555. The summed E-state index contributed by atoms with van der Waals surface area (Å²) in [5.41, 5.74) is 2.42. The van der Waals surface area contributed by atoms with Gasteiger partial charge in [-0.15, -0.1) is 0 Å². The minimum absolute atomic E-state index is 0.00299. The molecule has 4 nitrogen and oxygen atoms in total. The molecule has 0 unspecified atom stereocenters. The average Bonchev–Trinajstić information content (AvgIpc) is 2.76. The number of hydrogen-bond donors (Lipinski definition) is 1. The van der Waals surface area contributed by atoms with Gasteiger partial charge in [-0.1, -0.05) is 20.8 Å². The number of pyridine rings is 1. The van der Waals surface area contributed by atoms with Gasteiger partial charge in [0, 0.05) is 35.9 Å². The van der Waals surface area contributed by atoms with Crippen molar-refractivity contribution in [2.75, 3.05) is 5.32 Å². The largest absolute Gasteiger partial charge is 0.356 e. The van der Waals surface area contributed by atoms with E-state index >= 15 is 0 Å². The smallest absolute Gasteiger partial charge is 0.202 e. The van der Waals surface area contributed by atoms with Crippen molar-refractivity contribution in [3.05, 3.63) is 35.4 Å². The van der Waals surface area contributed by atoms with Crippen molar-refractivity contribution >= 4 is 16.7 Å². The van der Waals surface area contributed by atoms with Crippen molar-refractivity contribution in [3.8, 4) is 0 Å². The maximum atomic E-state index is 4.51. The maximum absolute atomic E-state index is 4.51. The second-order valence-corrected chi connectivity index (χ2v) is 6.08. The van der Waals surface area contributed by atoms with Crippen LogP contribution >= 0.6 is 11.5 Å². The molecule has 0 saturated heterocycles. The number of nitrogens with zero attached hydrogens (tertiary/aromatic N) is 3. The van der Waals surface area contributed by atoms with Crippen molar-refractivity contribution < 1.29 is 0 Å². The molecule has 0 aromatic carbocycles. The lowest BCUT2D eigenvalue weighted by Crippen LogP contribution is -2.13. The summed E-state index contributed by atoms with van der Waals surface area (Å²) in [5, 5.41) is 4.18. The quantitative estimate of drug-likeness (QED) is 0.923. The van der Waals surface area contributed by atoms with E-state index in [2.05, 4.69) is 47.4 Å². The number of rotatable bonds is 3. The summed E-state index contributed by atoms with van der Waals surface area (Å²) >= 11 is 1.41. The molecule has 1 N–H and O–H groups in total. The van der Waals surface area contributed by atoms with Crippen LogP contribution in [0.5, 0.6) is 0 Å². The first-order valence-corrected chi connectivity index (χ1v) is 6.72. The molecule has 0 aliphatic carbocycles. The number of anilines is 1. The highest BCUT2D eigenvalue weighted by Crippen LogP contribution is 2.23. The summed E-state index contributed by atoms with van der Waals surface area (Å²) < 4.78 is 4.38. The van der Waals surface area contributed by atoms with Crippen LogP contribution in [0.4, 0.5) is 5.13 Å². The van der Waals surface area contributed by atoms with Gasteiger partial charge in [-0.3, -0.25) is 4.98 Å². The van der Waals surface area contributed by atoms with Gasteiger partial charge in [0.1, 0.15) is 5.82 Å². The molecule has 2 rings (SSSR count). The monoisotopic (exact) mass is 262 g/mol. The molecule has 0 radical (unpaired) electrons. The Morgan fingerprint density at radius 1 is 1.33 bits per heavy atom. The molecular formula is C13H18N4S. The predicted octanol–water partition coefficient (Wildman–Crippen LogP) is 3.15. The van der Waals surface area contributed by atoms with E-state index in [9.17, 15) is 0 Å². The third-order valence-corrected chi connectivity index (χ3v) is 3.34. The molecule has 0 amide bonds. The summed E-state index contributed by atoms with van der Waals surface area (Å²) in [5.74, 6) is 0.890. The van der Waals surface area contributed by atoms with Gasteiger partial charge in [0.15, 0.2) is 0 Å². The third-order valence-electron chi connectivity index (χ3n) is 2.66. The van der Waals surface area contributed by atoms with Gasteiger partial charge in [-0.25, -0.2) is 4.98 Å². The van der Waals surface area contributed by atoms with Crippen LogP contribution in [0.1, 0.15) is 37.7 Å². The number of aromatic nitrogens is 3. The van der Waals surface area contributed by atoms with Gasteiger partial charge in [0.05, 0.1) is 0 Å². The maximum Gasteiger partial charge on any atom is 0.202 e. The Kier molecular flexibility index (Phi) is 3.61. The molecule has 0 spiro atoms. The van der Waals surface area contributed by atoms with E-state index in [1.165, 1.54) is 22.7 Å². The van der Waals surface area contributed by atoms with Crippen LogP contribution in [-0.2, 0) is 12.0 Å². The summed E-state index contributed by atoms with van der Waals surface area (Å²) in [7, 11) is 0. The molecule has 2 aromatic rings. The minimum atomic E-state index is 0.00299. The first kappa shape index (κ1) is 13.0. The van der Waals surface area contributed by atoms with Gasteiger partial charge in [-0.05, 0) is 24.1 Å². The van der Waals surface area contributed by atoms with Crippen molar-refractivity contribution in [2.24, 2.45) is 0 Å². The van der Waals surface area contributed by atoms with E-state index < -0.39 is 0 Å². The Morgan fingerprint density at radius 2 is 2.11 bits per heavy atom. The Balaban J connectivity index is 2.03. The normalized spacial score (nSPS) is 11.6. The first-order valence-electron chi connectivity index (χ1n) is 5.94. The molecule has 96 valence electrons. The summed E-state index contributed by atoms with van der Waals surface area (Å²) in [6.45, 7) is 9.17. The molecule has 0 atom stereocenters. The lowest BCUT2D eigenvalue weighted by atomic mass is 9.96. The van der Waals surface area contributed by atoms with E-state index in [4.69, 9.17) is 0 Å². The molecule has 2 aromatic heterocycles. The van der Waals surface area contributed by atoms with Crippen molar-refractivity contribution in [3.63, 3.8) is 0 Å². The summed E-state index contributed by atoms with van der Waals surface area (Å²) in [4.78, 5) is 8.59. The zero-order valence-corrected chi connectivity index (χ0v) is 12.0. The molecule has 2 heterocycles. The second kappa shape index (κ2) is 5.02. The first-order chi connectivity index (χ1) is 8.47. The fourth-order valence-corrected chi connectivity index (χ4v) is 2.22. The van der Waals surface area contributed by atoms with Crippen molar-refractivity contribution in [1.82, 2.24) is 14.3 Å². The van der Waals surface area contributed by atoms with E-state index in [0.29, 0.717) is 0 Å². The van der Waals surface area contributed by atoms with Crippen LogP contribution < -0.4 is 5.32 Å². The number of hydrogen-bond acceptors (Lipinski definition) is 5. The lowest BCUT2D eigenvalue weighted by Gasteiger charge is -2.12. The second-order valence-electron chi connectivity index (χ2n) is 5.33. The minimum Gasteiger partial charge on any atom is -0.356 e. The Hall–Kier alpha value is -1.49. The fraction of sp³-hybridized carbons (Fsp3) is 0.462. The highest BCUT2D eigenvalue weighted by molar-refractivity contribution is 7.09. The van der Waals surface area contributed by atoms with Gasteiger partial charge in [0.2, 0.25) is 5.13 Å². The molecule has 0 saturated carbocycles. The molecule has 0 aliphatic rings. The van der Waals surface area contributed by atoms with E-state index in [-0.39, 0.29) is 5.41 Å². The number of nitrogens with one attached hydrogen (secondary N) is 1. The molecule has 5 heteroatoms. The van der Waals surface area contributed by atoms with Crippen LogP contribution in [0.2, 0.25) is 0 Å².